The third-order valence-corrected chi connectivity index (χ3v) is 4.48. The van der Waals surface area contributed by atoms with Crippen LogP contribution in [0.4, 0.5) is 0 Å². The van der Waals surface area contributed by atoms with Crippen molar-refractivity contribution in [1.29, 1.82) is 0 Å². The second kappa shape index (κ2) is 4.06. The smallest absolute Gasteiger partial charge is 0.163 e. The third-order valence-electron chi connectivity index (χ3n) is 4.48. The summed E-state index contributed by atoms with van der Waals surface area (Å²) in [7, 11) is 0. The first-order valence-electron chi connectivity index (χ1n) is 7.11. The number of ketones is 1. The van der Waals surface area contributed by atoms with Crippen LogP contribution in [0.1, 0.15) is 39.9 Å². The molecule has 0 aliphatic heterocycles. The molecule has 0 saturated heterocycles. The molecule has 0 fully saturated rings. The van der Waals surface area contributed by atoms with Gasteiger partial charge in [-0.1, -0.05) is 36.4 Å². The Hall–Kier alpha value is -1.89. The summed E-state index contributed by atoms with van der Waals surface area (Å²) < 4.78 is 0. The Labute approximate surface area is 113 Å². The summed E-state index contributed by atoms with van der Waals surface area (Å²) in [5.41, 5.74) is 7.66. The summed E-state index contributed by atoms with van der Waals surface area (Å²) in [6.45, 7) is 0. The molecule has 0 N–H and O–H groups in total. The molecule has 94 valence electrons. The maximum atomic E-state index is 12.3. The molecule has 1 heteroatoms. The van der Waals surface area contributed by atoms with E-state index in [0.717, 1.165) is 37.7 Å². The minimum Gasteiger partial charge on any atom is -0.294 e. The van der Waals surface area contributed by atoms with Gasteiger partial charge < -0.3 is 0 Å². The molecule has 2 aliphatic rings. The second-order valence-electron chi connectivity index (χ2n) is 5.56. The molecule has 0 bridgehead atoms. The van der Waals surface area contributed by atoms with E-state index >= 15 is 0 Å². The number of rotatable bonds is 0. The molecule has 2 aromatic carbocycles. The van der Waals surface area contributed by atoms with Crippen LogP contribution in [0.25, 0.3) is 11.1 Å². The molecule has 19 heavy (non-hydrogen) atoms. The molecule has 4 rings (SSSR count). The minimum absolute atomic E-state index is 0.359. The Morgan fingerprint density at radius 2 is 1.63 bits per heavy atom. The maximum absolute atomic E-state index is 12.3. The molecule has 0 atom stereocenters. The predicted molar refractivity (Wildman–Crippen MR) is 76.6 cm³/mol. The van der Waals surface area contributed by atoms with Gasteiger partial charge in [0.2, 0.25) is 0 Å². The standard InChI is InChI=1S/C18H16O/c19-17-7-3-5-13-9-10-15-14-6-2-1-4-12(14)8-11-16(15)18(13)17/h1-2,4,6,9-10H,3,5,7-8,11H2. The fraction of sp³-hybridized carbons (Fsp3) is 0.278. The normalized spacial score (nSPS) is 16.5. The molecule has 0 aromatic heterocycles. The number of hydrogen-bond acceptors (Lipinski definition) is 1. The zero-order valence-corrected chi connectivity index (χ0v) is 10.9. The van der Waals surface area contributed by atoms with E-state index in [0.29, 0.717) is 5.78 Å². The molecule has 1 nitrogen and oxygen atoms in total. The largest absolute Gasteiger partial charge is 0.294 e. The molecule has 0 unspecified atom stereocenters. The van der Waals surface area contributed by atoms with Gasteiger partial charge in [-0.3, -0.25) is 4.79 Å². The SMILES string of the molecule is O=C1CCCc2ccc3c(c21)CCc1ccccc1-3. The molecular formula is C18H16O. The van der Waals surface area contributed by atoms with E-state index in [2.05, 4.69) is 36.4 Å². The number of fused-ring (bicyclic) bond motifs is 5. The van der Waals surface area contributed by atoms with Crippen molar-refractivity contribution < 1.29 is 4.79 Å². The molecular weight excluding hydrogens is 232 g/mol. The maximum Gasteiger partial charge on any atom is 0.163 e. The van der Waals surface area contributed by atoms with Crippen molar-refractivity contribution in [2.24, 2.45) is 0 Å². The number of benzene rings is 2. The van der Waals surface area contributed by atoms with Gasteiger partial charge in [0.15, 0.2) is 5.78 Å². The van der Waals surface area contributed by atoms with Crippen LogP contribution in [0, 0.1) is 0 Å². The first-order valence-corrected chi connectivity index (χ1v) is 7.11. The predicted octanol–water partition coefficient (Wildman–Crippen LogP) is 3.97. The quantitative estimate of drug-likeness (QED) is 0.689. The Balaban J connectivity index is 2.00. The van der Waals surface area contributed by atoms with Crippen LogP contribution in [0.15, 0.2) is 36.4 Å². The van der Waals surface area contributed by atoms with Gasteiger partial charge in [0.1, 0.15) is 0 Å². The highest BCUT2D eigenvalue weighted by molar-refractivity contribution is 6.02. The van der Waals surface area contributed by atoms with Gasteiger partial charge in [0.25, 0.3) is 0 Å². The number of carbonyl (C=O) groups excluding carboxylic acids is 1. The van der Waals surface area contributed by atoms with Crippen LogP contribution in [0.2, 0.25) is 0 Å². The van der Waals surface area contributed by atoms with Crippen molar-refractivity contribution in [3.63, 3.8) is 0 Å². The van der Waals surface area contributed by atoms with Crippen molar-refractivity contribution in [2.75, 3.05) is 0 Å². The van der Waals surface area contributed by atoms with Gasteiger partial charge in [0.05, 0.1) is 0 Å². The molecule has 0 radical (unpaired) electrons. The van der Waals surface area contributed by atoms with Crippen molar-refractivity contribution in [3.05, 3.63) is 58.7 Å². The van der Waals surface area contributed by atoms with E-state index in [1.54, 1.807) is 0 Å². The minimum atomic E-state index is 0.359. The van der Waals surface area contributed by atoms with Gasteiger partial charge in [-0.25, -0.2) is 0 Å². The van der Waals surface area contributed by atoms with Gasteiger partial charge in [-0.2, -0.15) is 0 Å². The van der Waals surface area contributed by atoms with Crippen LogP contribution in [-0.4, -0.2) is 5.78 Å². The van der Waals surface area contributed by atoms with Crippen LogP contribution >= 0.6 is 0 Å². The van der Waals surface area contributed by atoms with E-state index in [1.807, 2.05) is 0 Å². The Kier molecular flexibility index (Phi) is 2.34. The molecule has 0 saturated carbocycles. The lowest BCUT2D eigenvalue weighted by molar-refractivity contribution is 0.0971. The molecule has 0 heterocycles. The van der Waals surface area contributed by atoms with Gasteiger partial charge in [0, 0.05) is 12.0 Å². The lowest BCUT2D eigenvalue weighted by Crippen LogP contribution is -2.17. The molecule has 0 spiro atoms. The fourth-order valence-corrected chi connectivity index (χ4v) is 3.59. The number of Topliss-reactive ketones (excluding diaryl/α,β-unsaturated/α-hetero) is 1. The summed E-state index contributed by atoms with van der Waals surface area (Å²) in [4.78, 5) is 12.3. The topological polar surface area (TPSA) is 17.1 Å². The van der Waals surface area contributed by atoms with Crippen LogP contribution in [-0.2, 0) is 19.3 Å². The monoisotopic (exact) mass is 248 g/mol. The molecule has 0 amide bonds. The zero-order chi connectivity index (χ0) is 12.8. The Bertz CT molecular complexity index is 682. The lowest BCUT2D eigenvalue weighted by atomic mass is 9.78. The number of hydrogen-bond donors (Lipinski definition) is 0. The van der Waals surface area contributed by atoms with E-state index in [-0.39, 0.29) is 0 Å². The van der Waals surface area contributed by atoms with Gasteiger partial charge >= 0.3 is 0 Å². The van der Waals surface area contributed by atoms with Crippen LogP contribution < -0.4 is 0 Å². The first kappa shape index (κ1) is 11.0. The van der Waals surface area contributed by atoms with Crippen LogP contribution in [0.5, 0.6) is 0 Å². The highest BCUT2D eigenvalue weighted by Gasteiger charge is 2.25. The summed E-state index contributed by atoms with van der Waals surface area (Å²) in [6, 6.07) is 13.0. The highest BCUT2D eigenvalue weighted by atomic mass is 16.1. The molecule has 2 aliphatic carbocycles. The average Bonchev–Trinajstić information content (AvgIpc) is 2.46. The fourth-order valence-electron chi connectivity index (χ4n) is 3.59. The number of aryl methyl sites for hydroxylation is 2. The number of carbonyl (C=O) groups is 1. The van der Waals surface area contributed by atoms with Gasteiger partial charge in [-0.05, 0) is 53.5 Å². The summed E-state index contributed by atoms with van der Waals surface area (Å²) in [6.07, 6.45) is 4.89. The lowest BCUT2D eigenvalue weighted by Gasteiger charge is -2.26. The van der Waals surface area contributed by atoms with Crippen molar-refractivity contribution >= 4 is 5.78 Å². The zero-order valence-electron chi connectivity index (χ0n) is 10.9. The molecule has 2 aromatic rings. The summed E-state index contributed by atoms with van der Waals surface area (Å²) in [5, 5.41) is 0. The highest BCUT2D eigenvalue weighted by Crippen LogP contribution is 2.38. The van der Waals surface area contributed by atoms with E-state index in [1.165, 1.54) is 27.8 Å². The van der Waals surface area contributed by atoms with Crippen molar-refractivity contribution in [3.8, 4) is 11.1 Å². The van der Waals surface area contributed by atoms with Crippen LogP contribution in [0.3, 0.4) is 0 Å². The third kappa shape index (κ3) is 1.58. The van der Waals surface area contributed by atoms with Gasteiger partial charge in [-0.15, -0.1) is 0 Å². The van der Waals surface area contributed by atoms with E-state index in [9.17, 15) is 4.79 Å². The van der Waals surface area contributed by atoms with E-state index < -0.39 is 0 Å². The second-order valence-corrected chi connectivity index (χ2v) is 5.56. The first-order chi connectivity index (χ1) is 9.34. The Morgan fingerprint density at radius 3 is 2.58 bits per heavy atom. The van der Waals surface area contributed by atoms with Crippen molar-refractivity contribution in [2.45, 2.75) is 32.1 Å². The average molecular weight is 248 g/mol. The summed E-state index contributed by atoms with van der Waals surface area (Å²) >= 11 is 0. The Morgan fingerprint density at radius 1 is 0.737 bits per heavy atom. The van der Waals surface area contributed by atoms with E-state index in [4.69, 9.17) is 0 Å². The van der Waals surface area contributed by atoms with Crippen molar-refractivity contribution in [1.82, 2.24) is 0 Å². The summed E-state index contributed by atoms with van der Waals surface area (Å²) in [5.74, 6) is 0.359.